The third-order valence-corrected chi connectivity index (χ3v) is 3.49. The first kappa shape index (κ1) is 13.7. The predicted octanol–water partition coefficient (Wildman–Crippen LogP) is 2.25. The van der Waals surface area contributed by atoms with E-state index in [4.69, 9.17) is 9.15 Å². The Morgan fingerprint density at radius 2 is 2.32 bits per heavy atom. The number of carbonyl (C=O) groups excluding carboxylic acids is 1. The fraction of sp³-hybridized carbons (Fsp3) is 0.417. The van der Waals surface area contributed by atoms with Crippen molar-refractivity contribution < 1.29 is 13.9 Å². The third-order valence-electron chi connectivity index (χ3n) is 2.45. The van der Waals surface area contributed by atoms with Crippen molar-refractivity contribution in [3.05, 3.63) is 16.8 Å². The normalized spacial score (nSPS) is 10.7. The van der Waals surface area contributed by atoms with Gasteiger partial charge in [0.2, 0.25) is 11.8 Å². The van der Waals surface area contributed by atoms with Gasteiger partial charge in [0.15, 0.2) is 0 Å². The van der Waals surface area contributed by atoms with Gasteiger partial charge >= 0.3 is 0 Å². The number of aromatic nitrogens is 2. The molecular weight excluding hydrogens is 266 g/mol. The maximum atomic E-state index is 11.5. The van der Waals surface area contributed by atoms with Crippen LogP contribution >= 0.6 is 11.3 Å². The standard InChI is InChI=1S/C12H15N3O3S/c1-4-11-14-15-12(18-11)9-5-8(7(2)19-9)13-10(16)6-17-3/h5H,4,6H2,1-3H3,(H,13,16). The van der Waals surface area contributed by atoms with Gasteiger partial charge in [0.25, 0.3) is 5.89 Å². The van der Waals surface area contributed by atoms with Gasteiger partial charge in [-0.1, -0.05) is 6.92 Å². The van der Waals surface area contributed by atoms with Crippen LogP contribution in [0.25, 0.3) is 10.8 Å². The highest BCUT2D eigenvalue weighted by atomic mass is 32.1. The van der Waals surface area contributed by atoms with E-state index in [0.29, 0.717) is 18.2 Å². The fourth-order valence-electron chi connectivity index (χ4n) is 1.53. The summed E-state index contributed by atoms with van der Waals surface area (Å²) >= 11 is 1.50. The number of thiophene rings is 1. The van der Waals surface area contributed by atoms with Crippen molar-refractivity contribution in [3.63, 3.8) is 0 Å². The van der Waals surface area contributed by atoms with Crippen molar-refractivity contribution in [2.75, 3.05) is 19.0 Å². The molecule has 0 bridgehead atoms. The molecule has 2 heterocycles. The molecule has 7 heteroatoms. The summed E-state index contributed by atoms with van der Waals surface area (Å²) in [5, 5.41) is 10.7. The van der Waals surface area contributed by atoms with Crippen LogP contribution in [0, 0.1) is 6.92 Å². The number of nitrogens with zero attached hydrogens (tertiary/aromatic N) is 2. The molecule has 6 nitrogen and oxygen atoms in total. The number of aryl methyl sites for hydroxylation is 2. The Kier molecular flexibility index (Phi) is 4.28. The molecule has 0 saturated heterocycles. The molecule has 2 aromatic heterocycles. The largest absolute Gasteiger partial charge is 0.420 e. The first-order valence-corrected chi connectivity index (χ1v) is 6.67. The highest BCUT2D eigenvalue weighted by Gasteiger charge is 2.14. The van der Waals surface area contributed by atoms with E-state index in [9.17, 15) is 4.79 Å². The Hall–Kier alpha value is -1.73. The number of hydrogen-bond acceptors (Lipinski definition) is 6. The molecule has 0 aliphatic rings. The fourth-order valence-corrected chi connectivity index (χ4v) is 2.42. The van der Waals surface area contributed by atoms with E-state index >= 15 is 0 Å². The number of methoxy groups -OCH3 is 1. The molecule has 102 valence electrons. The van der Waals surface area contributed by atoms with Crippen LogP contribution in [-0.4, -0.2) is 29.8 Å². The van der Waals surface area contributed by atoms with Crippen molar-refractivity contribution in [2.24, 2.45) is 0 Å². The van der Waals surface area contributed by atoms with Gasteiger partial charge < -0.3 is 14.5 Å². The molecule has 0 unspecified atom stereocenters. The van der Waals surface area contributed by atoms with Crippen LogP contribution in [0.2, 0.25) is 0 Å². The topological polar surface area (TPSA) is 77.2 Å². The molecule has 0 aliphatic heterocycles. The van der Waals surface area contributed by atoms with E-state index in [-0.39, 0.29) is 12.5 Å². The molecule has 2 rings (SSSR count). The molecule has 0 aromatic carbocycles. The molecule has 0 radical (unpaired) electrons. The summed E-state index contributed by atoms with van der Waals surface area (Å²) in [6, 6.07) is 1.83. The molecule has 19 heavy (non-hydrogen) atoms. The number of nitrogens with one attached hydrogen (secondary N) is 1. The monoisotopic (exact) mass is 281 g/mol. The van der Waals surface area contributed by atoms with Gasteiger partial charge in [-0.05, 0) is 13.0 Å². The first-order valence-electron chi connectivity index (χ1n) is 5.86. The van der Waals surface area contributed by atoms with Crippen LogP contribution in [0.15, 0.2) is 10.5 Å². The first-order chi connectivity index (χ1) is 9.13. The average Bonchev–Trinajstić information content (AvgIpc) is 2.97. The zero-order chi connectivity index (χ0) is 13.8. The minimum Gasteiger partial charge on any atom is -0.420 e. The van der Waals surface area contributed by atoms with Crippen LogP contribution in [0.5, 0.6) is 0 Å². The molecule has 1 N–H and O–H groups in total. The second kappa shape index (κ2) is 5.94. The van der Waals surface area contributed by atoms with E-state index in [1.165, 1.54) is 18.4 Å². The maximum absolute atomic E-state index is 11.5. The molecule has 0 spiro atoms. The second-order valence-electron chi connectivity index (χ2n) is 3.92. The van der Waals surface area contributed by atoms with E-state index in [1.807, 2.05) is 19.9 Å². The summed E-state index contributed by atoms with van der Waals surface area (Å²) in [6.07, 6.45) is 0.703. The Balaban J connectivity index is 2.18. The van der Waals surface area contributed by atoms with Gasteiger partial charge in [-0.25, -0.2) is 0 Å². The lowest BCUT2D eigenvalue weighted by molar-refractivity contribution is -0.119. The van der Waals surface area contributed by atoms with Crippen LogP contribution in [0.3, 0.4) is 0 Å². The lowest BCUT2D eigenvalue weighted by atomic mass is 10.3. The minimum atomic E-state index is -0.185. The number of ether oxygens (including phenoxy) is 1. The van der Waals surface area contributed by atoms with Crippen molar-refractivity contribution in [3.8, 4) is 10.8 Å². The number of rotatable bonds is 5. The van der Waals surface area contributed by atoms with Crippen molar-refractivity contribution in [1.82, 2.24) is 10.2 Å². The Bertz CT molecular complexity index is 577. The summed E-state index contributed by atoms with van der Waals surface area (Å²) in [5.74, 6) is 0.901. The van der Waals surface area contributed by atoms with Crippen LogP contribution < -0.4 is 5.32 Å². The molecule has 0 aliphatic carbocycles. The van der Waals surface area contributed by atoms with Crippen molar-refractivity contribution in [2.45, 2.75) is 20.3 Å². The van der Waals surface area contributed by atoms with Gasteiger partial charge in [-0.3, -0.25) is 4.79 Å². The summed E-state index contributed by atoms with van der Waals surface area (Å²) in [7, 11) is 1.48. The summed E-state index contributed by atoms with van der Waals surface area (Å²) in [6.45, 7) is 3.91. The number of hydrogen-bond donors (Lipinski definition) is 1. The maximum Gasteiger partial charge on any atom is 0.257 e. The molecule has 0 saturated carbocycles. The zero-order valence-corrected chi connectivity index (χ0v) is 11.8. The van der Waals surface area contributed by atoms with E-state index < -0.39 is 0 Å². The highest BCUT2D eigenvalue weighted by molar-refractivity contribution is 7.15. The molecular formula is C12H15N3O3S. The molecule has 0 fully saturated rings. The van der Waals surface area contributed by atoms with Gasteiger partial charge in [0.05, 0.1) is 10.6 Å². The van der Waals surface area contributed by atoms with E-state index in [0.717, 1.165) is 15.4 Å². The Morgan fingerprint density at radius 3 is 2.95 bits per heavy atom. The van der Waals surface area contributed by atoms with Crippen LogP contribution in [0.1, 0.15) is 17.7 Å². The number of amides is 1. The highest BCUT2D eigenvalue weighted by Crippen LogP contribution is 2.33. The quantitative estimate of drug-likeness (QED) is 0.909. The molecule has 2 aromatic rings. The number of carbonyl (C=O) groups is 1. The lowest BCUT2D eigenvalue weighted by Crippen LogP contribution is -2.17. The van der Waals surface area contributed by atoms with E-state index in [2.05, 4.69) is 15.5 Å². The third kappa shape index (κ3) is 3.18. The van der Waals surface area contributed by atoms with E-state index in [1.54, 1.807) is 0 Å². The Labute approximate surface area is 114 Å². The lowest BCUT2D eigenvalue weighted by Gasteiger charge is -2.02. The zero-order valence-electron chi connectivity index (χ0n) is 11.0. The molecule has 0 atom stereocenters. The SMILES string of the molecule is CCc1nnc(-c2cc(NC(=O)COC)c(C)s2)o1. The Morgan fingerprint density at radius 1 is 1.53 bits per heavy atom. The van der Waals surface area contributed by atoms with Crippen molar-refractivity contribution >= 4 is 22.9 Å². The summed E-state index contributed by atoms with van der Waals surface area (Å²) in [4.78, 5) is 13.3. The summed E-state index contributed by atoms with van der Waals surface area (Å²) in [5.41, 5.74) is 0.748. The van der Waals surface area contributed by atoms with Crippen molar-refractivity contribution in [1.29, 1.82) is 0 Å². The summed E-state index contributed by atoms with van der Waals surface area (Å²) < 4.78 is 10.3. The second-order valence-corrected chi connectivity index (χ2v) is 5.17. The van der Waals surface area contributed by atoms with Gasteiger partial charge in [0.1, 0.15) is 6.61 Å². The van der Waals surface area contributed by atoms with Gasteiger partial charge in [-0.2, -0.15) is 0 Å². The minimum absolute atomic E-state index is 0.0329. The average molecular weight is 281 g/mol. The number of anilines is 1. The molecule has 1 amide bonds. The van der Waals surface area contributed by atoms with Crippen LogP contribution in [-0.2, 0) is 16.0 Å². The predicted molar refractivity (Wildman–Crippen MR) is 72.2 cm³/mol. The van der Waals surface area contributed by atoms with Gasteiger partial charge in [-0.15, -0.1) is 21.5 Å². The smallest absolute Gasteiger partial charge is 0.257 e. The van der Waals surface area contributed by atoms with Crippen LogP contribution in [0.4, 0.5) is 5.69 Å². The van der Waals surface area contributed by atoms with Gasteiger partial charge in [0, 0.05) is 18.4 Å².